The number of hydrogen-bond donors (Lipinski definition) is 0. The quantitative estimate of drug-likeness (QED) is 0.600. The molecule has 0 saturated heterocycles. The van der Waals surface area contributed by atoms with Gasteiger partial charge >= 0.3 is 0 Å². The lowest BCUT2D eigenvalue weighted by Gasteiger charge is -1.90. The molecule has 0 saturated carbocycles. The molecule has 0 amide bonds. The standard InChI is InChI=1S/C11H7N3O/c1-2-4-10-9(3-1)14-11(15-10)8-5-12-7-13-6-8/h1-7H. The van der Waals surface area contributed by atoms with Crippen molar-refractivity contribution in [1.82, 2.24) is 15.0 Å². The minimum Gasteiger partial charge on any atom is -0.436 e. The zero-order chi connectivity index (χ0) is 10.1. The largest absolute Gasteiger partial charge is 0.436 e. The lowest BCUT2D eigenvalue weighted by atomic mass is 10.3. The van der Waals surface area contributed by atoms with Gasteiger partial charge in [0.15, 0.2) is 5.58 Å². The average Bonchev–Trinajstić information content (AvgIpc) is 2.74. The van der Waals surface area contributed by atoms with Crippen LogP contribution < -0.4 is 0 Å². The van der Waals surface area contributed by atoms with Crippen molar-refractivity contribution < 1.29 is 4.42 Å². The average molecular weight is 197 g/mol. The molecule has 15 heavy (non-hydrogen) atoms. The molecule has 0 spiro atoms. The van der Waals surface area contributed by atoms with Gasteiger partial charge in [0.05, 0.1) is 5.56 Å². The number of aromatic nitrogens is 3. The summed E-state index contributed by atoms with van der Waals surface area (Å²) in [7, 11) is 0. The molecule has 4 heteroatoms. The number of oxazole rings is 1. The van der Waals surface area contributed by atoms with Crippen molar-refractivity contribution in [3.05, 3.63) is 43.0 Å². The van der Waals surface area contributed by atoms with Gasteiger partial charge in [-0.3, -0.25) is 0 Å². The number of benzene rings is 1. The summed E-state index contributed by atoms with van der Waals surface area (Å²) in [6, 6.07) is 7.64. The van der Waals surface area contributed by atoms with E-state index in [0.29, 0.717) is 5.89 Å². The normalized spacial score (nSPS) is 10.7. The van der Waals surface area contributed by atoms with E-state index in [9.17, 15) is 0 Å². The Balaban J connectivity index is 2.21. The van der Waals surface area contributed by atoms with E-state index in [0.717, 1.165) is 16.7 Å². The van der Waals surface area contributed by atoms with E-state index in [-0.39, 0.29) is 0 Å². The maximum absolute atomic E-state index is 5.56. The van der Waals surface area contributed by atoms with E-state index in [1.807, 2.05) is 24.3 Å². The van der Waals surface area contributed by atoms with E-state index < -0.39 is 0 Å². The van der Waals surface area contributed by atoms with Gasteiger partial charge in [0.2, 0.25) is 5.89 Å². The Labute approximate surface area is 85.6 Å². The van der Waals surface area contributed by atoms with Crippen molar-refractivity contribution in [1.29, 1.82) is 0 Å². The fraction of sp³-hybridized carbons (Fsp3) is 0. The second kappa shape index (κ2) is 3.16. The van der Waals surface area contributed by atoms with Crippen LogP contribution >= 0.6 is 0 Å². The van der Waals surface area contributed by atoms with Crippen LogP contribution in [0.5, 0.6) is 0 Å². The smallest absolute Gasteiger partial charge is 0.230 e. The number of rotatable bonds is 1. The van der Waals surface area contributed by atoms with Gasteiger partial charge in [0, 0.05) is 12.4 Å². The van der Waals surface area contributed by atoms with Crippen molar-refractivity contribution in [2.45, 2.75) is 0 Å². The first-order chi connectivity index (χ1) is 7.43. The van der Waals surface area contributed by atoms with Crippen LogP contribution in [0.4, 0.5) is 0 Å². The van der Waals surface area contributed by atoms with Crippen LogP contribution in [-0.2, 0) is 0 Å². The highest BCUT2D eigenvalue weighted by Gasteiger charge is 2.06. The maximum Gasteiger partial charge on any atom is 0.230 e. The molecule has 72 valence electrons. The Kier molecular flexibility index (Phi) is 1.71. The second-order valence-corrected chi connectivity index (χ2v) is 3.11. The van der Waals surface area contributed by atoms with Crippen LogP contribution in [0.15, 0.2) is 47.4 Å². The topological polar surface area (TPSA) is 51.8 Å². The first kappa shape index (κ1) is 8.11. The summed E-state index contributed by atoms with van der Waals surface area (Å²) in [6.45, 7) is 0. The van der Waals surface area contributed by atoms with Gasteiger partial charge in [-0.1, -0.05) is 12.1 Å². The van der Waals surface area contributed by atoms with Gasteiger partial charge in [-0.05, 0) is 12.1 Å². The molecule has 3 rings (SSSR count). The van der Waals surface area contributed by atoms with E-state index in [1.54, 1.807) is 12.4 Å². The number of fused-ring (bicyclic) bond motifs is 1. The first-order valence-corrected chi connectivity index (χ1v) is 4.54. The third kappa shape index (κ3) is 1.36. The summed E-state index contributed by atoms with van der Waals surface area (Å²) in [6.07, 6.45) is 4.83. The van der Waals surface area contributed by atoms with Gasteiger partial charge < -0.3 is 4.42 Å². The van der Waals surface area contributed by atoms with E-state index in [1.165, 1.54) is 6.33 Å². The molecule has 0 fully saturated rings. The van der Waals surface area contributed by atoms with E-state index >= 15 is 0 Å². The first-order valence-electron chi connectivity index (χ1n) is 4.54. The van der Waals surface area contributed by atoms with Crippen molar-refractivity contribution in [2.24, 2.45) is 0 Å². The maximum atomic E-state index is 5.56. The molecular weight excluding hydrogens is 190 g/mol. The Morgan fingerprint density at radius 2 is 1.80 bits per heavy atom. The predicted molar refractivity (Wildman–Crippen MR) is 55.0 cm³/mol. The molecule has 0 aliphatic heterocycles. The van der Waals surface area contributed by atoms with Crippen LogP contribution in [-0.4, -0.2) is 15.0 Å². The highest BCUT2D eigenvalue weighted by atomic mass is 16.3. The zero-order valence-electron chi connectivity index (χ0n) is 7.79. The van der Waals surface area contributed by atoms with Gasteiger partial charge in [-0.15, -0.1) is 0 Å². The molecule has 4 nitrogen and oxygen atoms in total. The molecule has 0 bridgehead atoms. The Morgan fingerprint density at radius 3 is 2.60 bits per heavy atom. The van der Waals surface area contributed by atoms with Crippen molar-refractivity contribution in [3.63, 3.8) is 0 Å². The molecule has 0 radical (unpaired) electrons. The second-order valence-electron chi connectivity index (χ2n) is 3.11. The lowest BCUT2D eigenvalue weighted by molar-refractivity contribution is 0.619. The summed E-state index contributed by atoms with van der Waals surface area (Å²) < 4.78 is 5.56. The molecule has 3 aromatic rings. The van der Waals surface area contributed by atoms with Crippen LogP contribution in [0.3, 0.4) is 0 Å². The van der Waals surface area contributed by atoms with Crippen molar-refractivity contribution in [2.75, 3.05) is 0 Å². The summed E-state index contributed by atoms with van der Waals surface area (Å²) in [4.78, 5) is 12.2. The van der Waals surface area contributed by atoms with Gasteiger partial charge in [-0.25, -0.2) is 15.0 Å². The highest BCUT2D eigenvalue weighted by molar-refractivity contribution is 5.75. The lowest BCUT2D eigenvalue weighted by Crippen LogP contribution is -1.80. The summed E-state index contributed by atoms with van der Waals surface area (Å²) in [5.74, 6) is 0.553. The monoisotopic (exact) mass is 197 g/mol. The van der Waals surface area contributed by atoms with Gasteiger partial charge in [0.25, 0.3) is 0 Å². The number of hydrogen-bond acceptors (Lipinski definition) is 4. The Morgan fingerprint density at radius 1 is 1.00 bits per heavy atom. The van der Waals surface area contributed by atoms with Crippen LogP contribution in [0.2, 0.25) is 0 Å². The zero-order valence-corrected chi connectivity index (χ0v) is 7.79. The third-order valence-electron chi connectivity index (χ3n) is 2.10. The molecule has 0 N–H and O–H groups in total. The summed E-state index contributed by atoms with van der Waals surface area (Å²) in [5.41, 5.74) is 2.40. The van der Waals surface area contributed by atoms with Crippen LogP contribution in [0.25, 0.3) is 22.6 Å². The fourth-order valence-electron chi connectivity index (χ4n) is 1.41. The predicted octanol–water partition coefficient (Wildman–Crippen LogP) is 2.28. The molecule has 2 heterocycles. The number of para-hydroxylation sites is 2. The van der Waals surface area contributed by atoms with Gasteiger partial charge in [0.1, 0.15) is 11.8 Å². The summed E-state index contributed by atoms with van der Waals surface area (Å²) >= 11 is 0. The minimum atomic E-state index is 0.553. The van der Waals surface area contributed by atoms with E-state index in [4.69, 9.17) is 4.42 Å². The molecule has 0 unspecified atom stereocenters. The molecular formula is C11H7N3O. The number of nitrogens with zero attached hydrogens (tertiary/aromatic N) is 3. The van der Waals surface area contributed by atoms with Crippen molar-refractivity contribution in [3.8, 4) is 11.5 Å². The Bertz CT molecular complexity index is 556. The molecule has 2 aromatic heterocycles. The molecule has 0 aliphatic carbocycles. The van der Waals surface area contributed by atoms with Crippen molar-refractivity contribution >= 4 is 11.1 Å². The minimum absolute atomic E-state index is 0.553. The third-order valence-corrected chi connectivity index (χ3v) is 2.10. The van der Waals surface area contributed by atoms with Crippen LogP contribution in [0.1, 0.15) is 0 Å². The molecule has 0 aliphatic rings. The molecule has 1 aromatic carbocycles. The molecule has 0 atom stereocenters. The Hall–Kier alpha value is -2.23. The van der Waals surface area contributed by atoms with E-state index in [2.05, 4.69) is 15.0 Å². The van der Waals surface area contributed by atoms with Gasteiger partial charge in [-0.2, -0.15) is 0 Å². The highest BCUT2D eigenvalue weighted by Crippen LogP contribution is 2.22. The SMILES string of the molecule is c1ccc2oc(-c3cncnc3)nc2c1. The fourth-order valence-corrected chi connectivity index (χ4v) is 1.41. The van der Waals surface area contributed by atoms with Crippen LogP contribution in [0, 0.1) is 0 Å². The summed E-state index contributed by atoms with van der Waals surface area (Å²) in [5, 5.41) is 0.